The average molecular weight is 200 g/mol. The molecule has 0 spiro atoms. The molecule has 3 nitrogen and oxygen atoms in total. The Hall–Kier alpha value is -1.07. The van der Waals surface area contributed by atoms with Crippen LogP contribution in [0.1, 0.15) is 20.8 Å². The van der Waals surface area contributed by atoms with Crippen molar-refractivity contribution in [3.8, 4) is 0 Å². The minimum atomic E-state index is -4.64. The highest BCUT2D eigenvalue weighted by Gasteiger charge is 2.33. The van der Waals surface area contributed by atoms with Crippen LogP contribution in [0.15, 0.2) is 0 Å². The summed E-state index contributed by atoms with van der Waals surface area (Å²) < 4.78 is 36.9. The van der Waals surface area contributed by atoms with Crippen LogP contribution in [0, 0.1) is 0 Å². The molecule has 0 aliphatic carbocycles. The summed E-state index contributed by atoms with van der Waals surface area (Å²) in [5, 5.41) is 0. The smallest absolute Gasteiger partial charge is 0.449 e. The van der Waals surface area contributed by atoms with E-state index >= 15 is 0 Å². The highest BCUT2D eigenvalue weighted by atomic mass is 19.4. The van der Waals surface area contributed by atoms with Crippen LogP contribution in [-0.4, -0.2) is 24.5 Å². The van der Waals surface area contributed by atoms with Crippen molar-refractivity contribution in [3.05, 3.63) is 0 Å². The van der Waals surface area contributed by atoms with Gasteiger partial charge < -0.3 is 4.74 Å². The van der Waals surface area contributed by atoms with E-state index in [4.69, 9.17) is 0 Å². The predicted molar refractivity (Wildman–Crippen MR) is 39.0 cm³/mol. The zero-order valence-corrected chi connectivity index (χ0v) is 7.57. The van der Waals surface area contributed by atoms with Gasteiger partial charge in [-0.3, -0.25) is 9.59 Å². The molecule has 0 atom stereocenters. The molecule has 0 rings (SSSR count). The molecular weight excluding hydrogens is 189 g/mol. The molecule has 0 fully saturated rings. The molecule has 0 aromatic carbocycles. The van der Waals surface area contributed by atoms with E-state index in [1.54, 1.807) is 6.92 Å². The molecule has 13 heavy (non-hydrogen) atoms. The Balaban J connectivity index is 0. The van der Waals surface area contributed by atoms with Crippen molar-refractivity contribution in [1.29, 1.82) is 0 Å². The van der Waals surface area contributed by atoms with Gasteiger partial charge in [-0.1, -0.05) is 0 Å². The minimum absolute atomic E-state index is 0.211. The van der Waals surface area contributed by atoms with Gasteiger partial charge in [-0.15, -0.1) is 0 Å². The molecule has 0 aromatic rings. The molecule has 0 aromatic heterocycles. The maximum atomic E-state index is 10.8. The SMILES string of the molecule is CC(=O)C(F)(F)F.CCOC(C)=O. The second-order valence-corrected chi connectivity index (χ2v) is 1.98. The van der Waals surface area contributed by atoms with Gasteiger partial charge in [-0.25, -0.2) is 0 Å². The number of esters is 1. The van der Waals surface area contributed by atoms with Crippen molar-refractivity contribution in [1.82, 2.24) is 0 Å². The number of hydrogen-bond acceptors (Lipinski definition) is 3. The standard InChI is InChI=1S/C4H8O2.C3H3F3O/c1-3-6-4(2)5;1-2(7)3(4,5)6/h3H2,1-2H3;1H3. The molecule has 6 heteroatoms. The van der Waals surface area contributed by atoms with Gasteiger partial charge >= 0.3 is 12.1 Å². The Morgan fingerprint density at radius 2 is 1.54 bits per heavy atom. The number of halogens is 3. The first-order chi connectivity index (χ1) is 5.71. The maximum absolute atomic E-state index is 10.8. The van der Waals surface area contributed by atoms with E-state index in [1.165, 1.54) is 6.92 Å². The number of hydrogen-bond donors (Lipinski definition) is 0. The molecular formula is C7H11F3O3. The molecule has 0 saturated heterocycles. The van der Waals surface area contributed by atoms with Gasteiger partial charge in [0.1, 0.15) is 0 Å². The normalized spacial score (nSPS) is 9.69. The molecule has 0 N–H and O–H groups in total. The number of Topliss-reactive ketones (excluding diaryl/α,β-unsaturated/α-hetero) is 1. The van der Waals surface area contributed by atoms with Crippen molar-refractivity contribution < 1.29 is 27.5 Å². The van der Waals surface area contributed by atoms with Crippen LogP contribution in [0.5, 0.6) is 0 Å². The van der Waals surface area contributed by atoms with E-state index in [-0.39, 0.29) is 5.97 Å². The lowest BCUT2D eigenvalue weighted by atomic mass is 10.5. The van der Waals surface area contributed by atoms with E-state index in [0.717, 1.165) is 0 Å². The lowest BCUT2D eigenvalue weighted by Crippen LogP contribution is -2.18. The number of alkyl halides is 3. The van der Waals surface area contributed by atoms with E-state index in [2.05, 4.69) is 4.74 Å². The number of ketones is 1. The van der Waals surface area contributed by atoms with E-state index in [1.807, 2.05) is 0 Å². The van der Waals surface area contributed by atoms with Crippen molar-refractivity contribution in [2.75, 3.05) is 6.61 Å². The molecule has 0 amide bonds. The number of carbonyl (C=O) groups is 2. The summed E-state index contributed by atoms with van der Waals surface area (Å²) in [5.74, 6) is -1.97. The van der Waals surface area contributed by atoms with Gasteiger partial charge in [-0.2, -0.15) is 13.2 Å². The molecule has 0 bridgehead atoms. The van der Waals surface area contributed by atoms with Gasteiger partial charge in [0, 0.05) is 13.8 Å². The van der Waals surface area contributed by atoms with Gasteiger partial charge in [0.15, 0.2) is 0 Å². The highest BCUT2D eigenvalue weighted by molar-refractivity contribution is 5.81. The van der Waals surface area contributed by atoms with Crippen molar-refractivity contribution >= 4 is 11.8 Å². The fourth-order valence-electron chi connectivity index (χ4n) is 0.203. The van der Waals surface area contributed by atoms with Crippen LogP contribution >= 0.6 is 0 Å². The average Bonchev–Trinajstić information content (AvgIpc) is 1.85. The zero-order valence-electron chi connectivity index (χ0n) is 7.57. The minimum Gasteiger partial charge on any atom is -0.466 e. The molecule has 78 valence electrons. The largest absolute Gasteiger partial charge is 0.466 e. The molecule has 0 aliphatic heterocycles. The van der Waals surface area contributed by atoms with Gasteiger partial charge in [0.05, 0.1) is 6.61 Å². The third kappa shape index (κ3) is 13.9. The summed E-state index contributed by atoms with van der Waals surface area (Å²) in [6.45, 7) is 4.14. The highest BCUT2D eigenvalue weighted by Crippen LogP contribution is 2.14. The lowest BCUT2D eigenvalue weighted by Gasteiger charge is -1.95. The van der Waals surface area contributed by atoms with Crippen LogP contribution in [0.2, 0.25) is 0 Å². The Labute approximate surface area is 73.9 Å². The fourth-order valence-corrected chi connectivity index (χ4v) is 0.203. The Morgan fingerprint density at radius 1 is 1.23 bits per heavy atom. The first kappa shape index (κ1) is 14.5. The first-order valence-corrected chi connectivity index (χ1v) is 3.43. The van der Waals surface area contributed by atoms with Crippen LogP contribution in [0.25, 0.3) is 0 Å². The number of rotatable bonds is 1. The van der Waals surface area contributed by atoms with E-state index in [0.29, 0.717) is 13.5 Å². The Bertz CT molecular complexity index is 174. The topological polar surface area (TPSA) is 43.4 Å². The van der Waals surface area contributed by atoms with Crippen LogP contribution in [0.4, 0.5) is 13.2 Å². The van der Waals surface area contributed by atoms with Crippen molar-refractivity contribution in [2.45, 2.75) is 26.9 Å². The summed E-state index contributed by atoms with van der Waals surface area (Å²) in [7, 11) is 0. The van der Waals surface area contributed by atoms with Crippen molar-refractivity contribution in [3.63, 3.8) is 0 Å². The van der Waals surface area contributed by atoms with Gasteiger partial charge in [-0.05, 0) is 6.92 Å². The summed E-state index contributed by atoms with van der Waals surface area (Å²) in [5.41, 5.74) is 0. The van der Waals surface area contributed by atoms with Crippen molar-refractivity contribution in [2.24, 2.45) is 0 Å². The quantitative estimate of drug-likeness (QED) is 0.605. The van der Waals surface area contributed by atoms with Gasteiger partial charge in [0.2, 0.25) is 5.78 Å². The summed E-state index contributed by atoms with van der Waals surface area (Å²) in [6.07, 6.45) is -4.64. The summed E-state index contributed by atoms with van der Waals surface area (Å²) in [4.78, 5) is 19.2. The summed E-state index contributed by atoms with van der Waals surface area (Å²) in [6, 6.07) is 0. The summed E-state index contributed by atoms with van der Waals surface area (Å²) >= 11 is 0. The molecule has 0 unspecified atom stereocenters. The number of carbonyl (C=O) groups excluding carboxylic acids is 2. The molecule has 0 aliphatic rings. The third-order valence-electron chi connectivity index (χ3n) is 0.747. The Morgan fingerprint density at radius 3 is 1.54 bits per heavy atom. The van der Waals surface area contributed by atoms with Crippen LogP contribution < -0.4 is 0 Å². The maximum Gasteiger partial charge on any atom is 0.449 e. The molecule has 0 saturated carbocycles. The predicted octanol–water partition coefficient (Wildman–Crippen LogP) is 1.71. The zero-order chi connectivity index (χ0) is 11.1. The second-order valence-electron chi connectivity index (χ2n) is 1.98. The van der Waals surface area contributed by atoms with E-state index < -0.39 is 12.0 Å². The van der Waals surface area contributed by atoms with Crippen LogP contribution in [0.3, 0.4) is 0 Å². The second kappa shape index (κ2) is 6.45. The molecule has 0 heterocycles. The number of ether oxygens (including phenoxy) is 1. The van der Waals surface area contributed by atoms with Gasteiger partial charge in [0.25, 0.3) is 0 Å². The first-order valence-electron chi connectivity index (χ1n) is 3.43. The Kier molecular flexibility index (Phi) is 7.17. The monoisotopic (exact) mass is 200 g/mol. The van der Waals surface area contributed by atoms with Crippen LogP contribution in [-0.2, 0) is 14.3 Å². The molecule has 0 radical (unpaired) electrons. The lowest BCUT2D eigenvalue weighted by molar-refractivity contribution is -0.168. The fraction of sp³-hybridized carbons (Fsp3) is 0.714. The van der Waals surface area contributed by atoms with E-state index in [9.17, 15) is 22.8 Å². The third-order valence-corrected chi connectivity index (χ3v) is 0.747.